The maximum absolute atomic E-state index is 13.8. The average Bonchev–Trinajstić information content (AvgIpc) is 3.62. The molecule has 2 aromatic rings. The quantitative estimate of drug-likeness (QED) is 0.521. The molecule has 2 aromatic carbocycles. The molecule has 8 nitrogen and oxygen atoms in total. The van der Waals surface area contributed by atoms with Crippen molar-refractivity contribution in [3.63, 3.8) is 0 Å². The maximum Gasteiger partial charge on any atom is 0.326 e. The van der Waals surface area contributed by atoms with Crippen LogP contribution in [0.1, 0.15) is 24.0 Å². The summed E-state index contributed by atoms with van der Waals surface area (Å²) in [7, 11) is 3.14. The van der Waals surface area contributed by atoms with Gasteiger partial charge in [-0.1, -0.05) is 24.3 Å². The van der Waals surface area contributed by atoms with E-state index in [2.05, 4.69) is 11.4 Å². The van der Waals surface area contributed by atoms with Gasteiger partial charge in [-0.05, 0) is 48.2 Å². The Labute approximate surface area is 181 Å². The van der Waals surface area contributed by atoms with E-state index in [4.69, 9.17) is 14.7 Å². The first kappa shape index (κ1) is 20.7. The Bertz CT molecular complexity index is 962. The number of imide groups is 1. The third-order valence-corrected chi connectivity index (χ3v) is 5.81. The second-order valence-electron chi connectivity index (χ2n) is 7.65. The number of carbonyl (C=O) groups is 2. The van der Waals surface area contributed by atoms with Crippen molar-refractivity contribution in [2.75, 3.05) is 27.4 Å². The molecule has 160 valence electrons. The lowest BCUT2D eigenvalue weighted by Crippen LogP contribution is -2.46. The molecule has 3 amide bonds. The number of hydrogen-bond acceptors (Lipinski definition) is 6. The van der Waals surface area contributed by atoms with Crippen molar-refractivity contribution >= 4 is 11.9 Å². The van der Waals surface area contributed by atoms with Gasteiger partial charge in [0.15, 0.2) is 5.54 Å². The second kappa shape index (κ2) is 8.28. The molecule has 0 unspecified atom stereocenters. The van der Waals surface area contributed by atoms with E-state index in [9.17, 15) is 9.59 Å². The molecule has 2 fully saturated rings. The molecule has 2 aliphatic rings. The SMILES string of the molecule is COc1ccc(C2(c3ccc(OC)cc3)NC(=O)N(CN(CC#N)C3CC3)C2=O)cc1. The standard InChI is InChI=1S/C23H24N4O4/c1-30-19-9-3-16(4-10-19)23(17-5-11-20(31-2)12-6-17)21(28)27(22(29)25-23)15-26(14-13-24)18-7-8-18/h3-6,9-12,18H,7-8,14-15H2,1-2H3,(H,25,29). The van der Waals surface area contributed by atoms with Crippen molar-refractivity contribution in [1.29, 1.82) is 5.26 Å². The normalized spacial score (nSPS) is 17.4. The number of rotatable bonds is 8. The summed E-state index contributed by atoms with van der Waals surface area (Å²) in [5.74, 6) is 0.920. The zero-order valence-corrected chi connectivity index (χ0v) is 17.5. The molecule has 0 bridgehead atoms. The minimum atomic E-state index is -1.38. The minimum absolute atomic E-state index is 0.0803. The number of carbonyl (C=O) groups excluding carboxylic acids is 2. The number of hydrogen-bond donors (Lipinski definition) is 1. The van der Waals surface area contributed by atoms with Crippen LogP contribution in [-0.4, -0.2) is 55.2 Å². The molecule has 1 N–H and O–H groups in total. The largest absolute Gasteiger partial charge is 0.497 e. The molecule has 0 radical (unpaired) electrons. The van der Waals surface area contributed by atoms with Gasteiger partial charge >= 0.3 is 6.03 Å². The number of methoxy groups -OCH3 is 2. The Morgan fingerprint density at radius 1 is 1.03 bits per heavy atom. The van der Waals surface area contributed by atoms with E-state index in [1.165, 1.54) is 4.90 Å². The number of ether oxygens (including phenoxy) is 2. The molecule has 0 atom stereocenters. The van der Waals surface area contributed by atoms with Crippen LogP contribution in [0, 0.1) is 11.3 Å². The molecule has 8 heteroatoms. The van der Waals surface area contributed by atoms with Gasteiger partial charge in [-0.15, -0.1) is 0 Å². The lowest BCUT2D eigenvalue weighted by Gasteiger charge is -2.29. The van der Waals surface area contributed by atoms with Crippen molar-refractivity contribution < 1.29 is 19.1 Å². The van der Waals surface area contributed by atoms with Crippen LogP contribution in [0.15, 0.2) is 48.5 Å². The zero-order valence-electron chi connectivity index (χ0n) is 17.5. The van der Waals surface area contributed by atoms with Crippen LogP contribution >= 0.6 is 0 Å². The molecule has 4 rings (SSSR count). The van der Waals surface area contributed by atoms with E-state index >= 15 is 0 Å². The van der Waals surface area contributed by atoms with Crippen LogP contribution in [0.3, 0.4) is 0 Å². The highest BCUT2D eigenvalue weighted by Gasteiger charge is 2.54. The van der Waals surface area contributed by atoms with E-state index in [0.717, 1.165) is 12.8 Å². The third-order valence-electron chi connectivity index (χ3n) is 5.81. The highest BCUT2D eigenvalue weighted by molar-refractivity contribution is 6.09. The van der Waals surface area contributed by atoms with E-state index in [-0.39, 0.29) is 25.2 Å². The van der Waals surface area contributed by atoms with Gasteiger partial charge in [0.05, 0.1) is 33.5 Å². The van der Waals surface area contributed by atoms with Crippen LogP contribution in [0.25, 0.3) is 0 Å². The van der Waals surface area contributed by atoms with Gasteiger partial charge in [-0.2, -0.15) is 5.26 Å². The average molecular weight is 420 g/mol. The van der Waals surface area contributed by atoms with Gasteiger partial charge in [0.1, 0.15) is 11.5 Å². The predicted octanol–water partition coefficient (Wildman–Crippen LogP) is 2.44. The number of nitrogens with zero attached hydrogens (tertiary/aromatic N) is 3. The smallest absolute Gasteiger partial charge is 0.326 e. The highest BCUT2D eigenvalue weighted by Crippen LogP contribution is 2.38. The monoisotopic (exact) mass is 420 g/mol. The summed E-state index contributed by atoms with van der Waals surface area (Å²) >= 11 is 0. The number of benzene rings is 2. The summed E-state index contributed by atoms with van der Waals surface area (Å²) in [4.78, 5) is 29.9. The first-order valence-electron chi connectivity index (χ1n) is 10.1. The number of nitriles is 1. The number of amides is 3. The molecule has 1 heterocycles. The molecule has 1 saturated carbocycles. The summed E-state index contributed by atoms with van der Waals surface area (Å²) in [5, 5.41) is 12.1. The van der Waals surface area contributed by atoms with Gasteiger partial charge in [-0.25, -0.2) is 9.69 Å². The lowest BCUT2D eigenvalue weighted by molar-refractivity contribution is -0.131. The Morgan fingerprint density at radius 2 is 1.55 bits per heavy atom. The third kappa shape index (κ3) is 3.68. The Kier molecular flexibility index (Phi) is 5.53. The molecule has 1 aliphatic heterocycles. The molecule has 0 aromatic heterocycles. The van der Waals surface area contributed by atoms with E-state index in [1.54, 1.807) is 62.8 Å². The van der Waals surface area contributed by atoms with Gasteiger partial charge in [0.25, 0.3) is 5.91 Å². The fraction of sp³-hybridized carbons (Fsp3) is 0.348. The summed E-state index contributed by atoms with van der Waals surface area (Å²) in [6, 6.07) is 16.0. The fourth-order valence-electron chi connectivity index (χ4n) is 3.95. The summed E-state index contributed by atoms with van der Waals surface area (Å²) < 4.78 is 10.5. The Morgan fingerprint density at radius 3 is 1.97 bits per heavy atom. The van der Waals surface area contributed by atoms with Crippen molar-refractivity contribution in [3.8, 4) is 17.6 Å². The molecule has 0 spiro atoms. The van der Waals surface area contributed by atoms with E-state index in [1.807, 2.05) is 4.90 Å². The number of nitrogens with one attached hydrogen (secondary N) is 1. The zero-order chi connectivity index (χ0) is 22.0. The van der Waals surface area contributed by atoms with Gasteiger partial charge < -0.3 is 14.8 Å². The van der Waals surface area contributed by atoms with Gasteiger partial charge in [0, 0.05) is 6.04 Å². The molecule has 31 heavy (non-hydrogen) atoms. The predicted molar refractivity (Wildman–Crippen MR) is 112 cm³/mol. The van der Waals surface area contributed by atoms with Crippen molar-refractivity contribution in [3.05, 3.63) is 59.7 Å². The Hall–Kier alpha value is -3.57. The molecular formula is C23H24N4O4. The van der Waals surface area contributed by atoms with Crippen molar-refractivity contribution in [1.82, 2.24) is 15.1 Å². The number of urea groups is 1. The molecular weight excluding hydrogens is 396 g/mol. The lowest BCUT2D eigenvalue weighted by atomic mass is 9.82. The minimum Gasteiger partial charge on any atom is -0.497 e. The van der Waals surface area contributed by atoms with Crippen molar-refractivity contribution in [2.24, 2.45) is 0 Å². The van der Waals surface area contributed by atoms with Crippen LogP contribution in [0.5, 0.6) is 11.5 Å². The van der Waals surface area contributed by atoms with Crippen LogP contribution in [-0.2, 0) is 10.3 Å². The maximum atomic E-state index is 13.8. The van der Waals surface area contributed by atoms with E-state index < -0.39 is 11.6 Å². The topological polar surface area (TPSA) is 94.9 Å². The summed E-state index contributed by atoms with van der Waals surface area (Å²) in [6.07, 6.45) is 1.93. The summed E-state index contributed by atoms with van der Waals surface area (Å²) in [5.41, 5.74) is -0.132. The van der Waals surface area contributed by atoms with Crippen LogP contribution in [0.4, 0.5) is 4.79 Å². The molecule has 1 saturated heterocycles. The van der Waals surface area contributed by atoms with Crippen LogP contribution < -0.4 is 14.8 Å². The molecule has 1 aliphatic carbocycles. The Balaban J connectivity index is 1.75. The second-order valence-corrected chi connectivity index (χ2v) is 7.65. The van der Waals surface area contributed by atoms with Crippen LogP contribution in [0.2, 0.25) is 0 Å². The highest BCUT2D eigenvalue weighted by atomic mass is 16.5. The van der Waals surface area contributed by atoms with Gasteiger partial charge in [-0.3, -0.25) is 9.69 Å². The first-order valence-corrected chi connectivity index (χ1v) is 10.1. The summed E-state index contributed by atoms with van der Waals surface area (Å²) in [6.45, 7) is 0.247. The van der Waals surface area contributed by atoms with E-state index in [0.29, 0.717) is 22.6 Å². The van der Waals surface area contributed by atoms with Gasteiger partial charge in [0.2, 0.25) is 0 Å². The first-order chi connectivity index (χ1) is 15.0. The fourth-order valence-corrected chi connectivity index (χ4v) is 3.95. The van der Waals surface area contributed by atoms with Crippen molar-refractivity contribution in [2.45, 2.75) is 24.4 Å².